The molecule has 3 nitrogen and oxygen atoms in total. The Labute approximate surface area is 89.5 Å². The van der Waals surface area contributed by atoms with Crippen LogP contribution in [0.3, 0.4) is 0 Å². The van der Waals surface area contributed by atoms with Gasteiger partial charge in [-0.1, -0.05) is 22.5 Å². The normalized spacial score (nSPS) is 9.21. The number of benzene rings is 1. The van der Waals surface area contributed by atoms with Crippen LogP contribution in [0.5, 0.6) is 5.75 Å². The molecule has 0 fully saturated rings. The van der Waals surface area contributed by atoms with Crippen LogP contribution in [0.25, 0.3) is 0 Å². The molecule has 0 saturated heterocycles. The molecule has 0 heterocycles. The number of hydrogen-bond acceptors (Lipinski definition) is 3. The van der Waals surface area contributed by atoms with Gasteiger partial charge in [-0.15, -0.1) is 0 Å². The summed E-state index contributed by atoms with van der Waals surface area (Å²) in [5.41, 5.74) is 0.314. The maximum absolute atomic E-state index is 10.9. The van der Waals surface area contributed by atoms with Crippen LogP contribution in [0.15, 0.2) is 35.3 Å². The van der Waals surface area contributed by atoms with Gasteiger partial charge in [-0.25, -0.2) is 4.79 Å². The highest BCUT2D eigenvalue weighted by Crippen LogP contribution is 2.21. The number of esters is 1. The number of aldehydes is 1. The molecule has 4 heteroatoms. The lowest BCUT2D eigenvalue weighted by atomic mass is 10.2. The van der Waals surface area contributed by atoms with Crippen molar-refractivity contribution in [2.75, 3.05) is 0 Å². The van der Waals surface area contributed by atoms with E-state index in [1.165, 1.54) is 6.07 Å². The number of carbonyl (C=O) groups is 2. The smallest absolute Gasteiger partial charge is 0.335 e. The largest absolute Gasteiger partial charge is 0.423 e. The molecule has 0 N–H and O–H groups in total. The number of ether oxygens (including phenoxy) is 1. The summed E-state index contributed by atoms with van der Waals surface area (Å²) in [7, 11) is 0. The third-order valence-corrected chi connectivity index (χ3v) is 1.97. The summed E-state index contributed by atoms with van der Waals surface area (Å²) in [6.45, 7) is 3.26. The molecule has 0 unspecified atom stereocenters. The molecule has 0 saturated carbocycles. The Balaban J connectivity index is 3.01. The van der Waals surface area contributed by atoms with Crippen molar-refractivity contribution in [1.82, 2.24) is 0 Å². The summed E-state index contributed by atoms with van der Waals surface area (Å²) < 4.78 is 5.58. The Hall–Kier alpha value is -1.42. The predicted octanol–water partition coefficient (Wildman–Crippen LogP) is 2.35. The van der Waals surface area contributed by atoms with Crippen molar-refractivity contribution in [3.05, 3.63) is 40.9 Å². The Morgan fingerprint density at radius 2 is 2.21 bits per heavy atom. The highest BCUT2D eigenvalue weighted by molar-refractivity contribution is 9.10. The Morgan fingerprint density at radius 3 is 2.79 bits per heavy atom. The van der Waals surface area contributed by atoms with Crippen LogP contribution in [0, 0.1) is 0 Å². The van der Waals surface area contributed by atoms with Gasteiger partial charge >= 0.3 is 5.97 Å². The number of carbonyl (C=O) groups excluding carboxylic acids is 2. The van der Waals surface area contributed by atoms with Gasteiger partial charge in [-0.2, -0.15) is 0 Å². The molecule has 1 rings (SSSR count). The molecule has 0 amide bonds. The maximum Gasteiger partial charge on any atom is 0.335 e. The first kappa shape index (κ1) is 10.7. The van der Waals surface area contributed by atoms with Crippen molar-refractivity contribution < 1.29 is 14.3 Å². The van der Waals surface area contributed by atoms with Crippen molar-refractivity contribution in [3.8, 4) is 5.75 Å². The van der Waals surface area contributed by atoms with Gasteiger partial charge in [0.1, 0.15) is 5.75 Å². The molecular weight excluding hydrogens is 248 g/mol. The Kier molecular flexibility index (Phi) is 3.59. The lowest BCUT2D eigenvalue weighted by Crippen LogP contribution is -2.04. The monoisotopic (exact) mass is 254 g/mol. The van der Waals surface area contributed by atoms with E-state index in [0.29, 0.717) is 11.8 Å². The van der Waals surface area contributed by atoms with Gasteiger partial charge in [0, 0.05) is 10.5 Å². The lowest BCUT2D eigenvalue weighted by Gasteiger charge is -2.03. The van der Waals surface area contributed by atoms with Gasteiger partial charge in [0.25, 0.3) is 0 Å². The molecule has 0 radical (unpaired) electrons. The average Bonchev–Trinajstić information content (AvgIpc) is 2.20. The zero-order chi connectivity index (χ0) is 10.6. The minimum atomic E-state index is -0.588. The minimum Gasteiger partial charge on any atom is -0.423 e. The summed E-state index contributed by atoms with van der Waals surface area (Å²) in [5, 5.41) is 0. The predicted molar refractivity (Wildman–Crippen MR) is 55.4 cm³/mol. The summed E-state index contributed by atoms with van der Waals surface area (Å²) >= 11 is 3.20. The summed E-state index contributed by atoms with van der Waals surface area (Å²) in [4.78, 5) is 21.5. The van der Waals surface area contributed by atoms with Crippen LogP contribution in [0.1, 0.15) is 10.4 Å². The topological polar surface area (TPSA) is 43.4 Å². The molecule has 0 atom stereocenters. The fraction of sp³-hybridized carbons (Fsp3) is 0. The van der Waals surface area contributed by atoms with Gasteiger partial charge < -0.3 is 4.74 Å². The third kappa shape index (κ3) is 2.53. The number of hydrogen-bond donors (Lipinski definition) is 0. The van der Waals surface area contributed by atoms with E-state index < -0.39 is 5.97 Å². The van der Waals surface area contributed by atoms with Gasteiger partial charge in [-0.3, -0.25) is 4.79 Å². The molecular formula is C10H7BrO3. The first-order valence-corrected chi connectivity index (χ1v) is 4.55. The van der Waals surface area contributed by atoms with E-state index in [1.54, 1.807) is 12.1 Å². The van der Waals surface area contributed by atoms with Crippen molar-refractivity contribution in [1.29, 1.82) is 0 Å². The van der Waals surface area contributed by atoms with E-state index >= 15 is 0 Å². The van der Waals surface area contributed by atoms with Crippen molar-refractivity contribution >= 4 is 28.2 Å². The van der Waals surface area contributed by atoms with Crippen LogP contribution < -0.4 is 4.74 Å². The first-order chi connectivity index (χ1) is 6.67. The van der Waals surface area contributed by atoms with E-state index in [1.807, 2.05) is 0 Å². The van der Waals surface area contributed by atoms with Crippen molar-refractivity contribution in [2.24, 2.45) is 0 Å². The zero-order valence-electron chi connectivity index (χ0n) is 7.20. The fourth-order valence-corrected chi connectivity index (χ4v) is 1.23. The van der Waals surface area contributed by atoms with Gasteiger partial charge in [0.05, 0.1) is 5.56 Å². The van der Waals surface area contributed by atoms with E-state index in [0.717, 1.165) is 10.5 Å². The van der Waals surface area contributed by atoms with Crippen LogP contribution >= 0.6 is 15.9 Å². The zero-order valence-corrected chi connectivity index (χ0v) is 8.78. The molecule has 0 spiro atoms. The summed E-state index contributed by atoms with van der Waals surface area (Å²) in [6.07, 6.45) is 1.66. The van der Waals surface area contributed by atoms with E-state index in [4.69, 9.17) is 4.74 Å². The highest BCUT2D eigenvalue weighted by atomic mass is 79.9. The summed E-state index contributed by atoms with van der Waals surface area (Å²) in [6, 6.07) is 4.78. The quantitative estimate of drug-likeness (QED) is 0.360. The molecule has 0 aliphatic rings. The molecule has 1 aromatic carbocycles. The van der Waals surface area contributed by atoms with Crippen molar-refractivity contribution in [2.45, 2.75) is 0 Å². The van der Waals surface area contributed by atoms with Gasteiger partial charge in [-0.05, 0) is 18.2 Å². The Morgan fingerprint density at radius 1 is 1.50 bits per heavy atom. The van der Waals surface area contributed by atoms with Crippen LogP contribution in [0.2, 0.25) is 0 Å². The molecule has 72 valence electrons. The second-order valence-electron chi connectivity index (χ2n) is 2.43. The maximum atomic E-state index is 10.9. The Bertz CT molecular complexity index is 385. The van der Waals surface area contributed by atoms with E-state index in [9.17, 15) is 9.59 Å². The molecule has 0 aliphatic heterocycles. The molecule has 0 bridgehead atoms. The molecule has 0 aromatic heterocycles. The average molecular weight is 255 g/mol. The SMILES string of the molecule is C=CC(=O)Oc1ccc(Br)cc1C=O. The minimum absolute atomic E-state index is 0.230. The fourth-order valence-electron chi connectivity index (χ4n) is 0.854. The van der Waals surface area contributed by atoms with E-state index in [-0.39, 0.29) is 5.75 Å². The van der Waals surface area contributed by atoms with Crippen LogP contribution in [-0.2, 0) is 4.79 Å². The lowest BCUT2D eigenvalue weighted by molar-refractivity contribution is -0.128. The molecule has 14 heavy (non-hydrogen) atoms. The second kappa shape index (κ2) is 4.72. The number of rotatable bonds is 3. The number of halogens is 1. The van der Waals surface area contributed by atoms with Crippen LogP contribution in [-0.4, -0.2) is 12.3 Å². The standard InChI is InChI=1S/C10H7BrO3/c1-2-10(13)14-9-4-3-8(11)5-7(9)6-12/h2-6H,1H2. The second-order valence-corrected chi connectivity index (χ2v) is 3.34. The highest BCUT2D eigenvalue weighted by Gasteiger charge is 2.06. The van der Waals surface area contributed by atoms with Crippen molar-refractivity contribution in [3.63, 3.8) is 0 Å². The first-order valence-electron chi connectivity index (χ1n) is 3.76. The molecule has 1 aromatic rings. The third-order valence-electron chi connectivity index (χ3n) is 1.48. The van der Waals surface area contributed by atoms with Gasteiger partial charge in [0.2, 0.25) is 0 Å². The molecule has 0 aliphatic carbocycles. The van der Waals surface area contributed by atoms with E-state index in [2.05, 4.69) is 22.5 Å². The summed E-state index contributed by atoms with van der Waals surface area (Å²) in [5.74, 6) is -0.358. The van der Waals surface area contributed by atoms with Crippen LogP contribution in [0.4, 0.5) is 0 Å². The van der Waals surface area contributed by atoms with Gasteiger partial charge in [0.15, 0.2) is 6.29 Å².